The summed E-state index contributed by atoms with van der Waals surface area (Å²) in [6.45, 7) is 11.6. The number of ether oxygens (including phenoxy) is 1. The van der Waals surface area contributed by atoms with E-state index in [4.69, 9.17) is 16.3 Å². The van der Waals surface area contributed by atoms with Crippen molar-refractivity contribution in [2.24, 2.45) is 10.9 Å². The minimum atomic E-state index is -0.802. The summed E-state index contributed by atoms with van der Waals surface area (Å²) in [6.07, 6.45) is 19.3. The molecule has 0 saturated carbocycles. The molecule has 6 nitrogen and oxygen atoms in total. The molecule has 0 spiro atoms. The van der Waals surface area contributed by atoms with E-state index in [1.165, 1.54) is 5.57 Å². The van der Waals surface area contributed by atoms with E-state index < -0.39 is 5.60 Å². The first-order valence-corrected chi connectivity index (χ1v) is 14.8. The van der Waals surface area contributed by atoms with Gasteiger partial charge in [-0.3, -0.25) is 9.79 Å². The van der Waals surface area contributed by atoms with E-state index in [-0.39, 0.29) is 17.9 Å². The number of hydrogen-bond donors (Lipinski definition) is 1. The molecule has 0 aromatic carbocycles. The number of aliphatic hydroxyl groups is 1. The van der Waals surface area contributed by atoms with E-state index in [2.05, 4.69) is 39.1 Å². The average molecular weight is 554 g/mol. The van der Waals surface area contributed by atoms with Gasteiger partial charge >= 0.3 is 0 Å². The monoisotopic (exact) mass is 553 g/mol. The van der Waals surface area contributed by atoms with Gasteiger partial charge in [-0.25, -0.2) is 0 Å². The number of aliphatic imine (C=N–C) groups is 1. The lowest BCUT2D eigenvalue weighted by Crippen LogP contribution is -2.43. The quantitative estimate of drug-likeness (QED) is 0.352. The van der Waals surface area contributed by atoms with Gasteiger partial charge in [0.1, 0.15) is 12.4 Å². The molecule has 1 unspecified atom stereocenters. The number of allylic oxidation sites excluding steroid dienone is 7. The van der Waals surface area contributed by atoms with Crippen LogP contribution in [-0.2, 0) is 9.53 Å². The number of carbonyl (C=O) groups excluding carboxylic acids is 1. The predicted octanol–water partition coefficient (Wildman–Crippen LogP) is 6.06. The summed E-state index contributed by atoms with van der Waals surface area (Å²) in [6, 6.07) is 0.245. The van der Waals surface area contributed by atoms with Crippen molar-refractivity contribution in [1.29, 1.82) is 0 Å². The largest absolute Gasteiger partial charge is 0.487 e. The second-order valence-corrected chi connectivity index (χ2v) is 12.0. The Morgan fingerprint density at radius 2 is 2.15 bits per heavy atom. The summed E-state index contributed by atoms with van der Waals surface area (Å²) in [5.74, 6) is 1.13. The zero-order valence-corrected chi connectivity index (χ0v) is 24.7. The maximum absolute atomic E-state index is 12.9. The molecular formula is C32H44ClN3O3. The fraction of sp³-hybridized carbons (Fsp3) is 0.562. The maximum Gasteiger partial charge on any atom is 0.222 e. The Hall–Kier alpha value is -2.41. The first kappa shape index (κ1) is 29.6. The molecule has 0 bridgehead atoms. The van der Waals surface area contributed by atoms with Gasteiger partial charge < -0.3 is 19.6 Å². The van der Waals surface area contributed by atoms with Crippen LogP contribution in [0.15, 0.2) is 74.7 Å². The van der Waals surface area contributed by atoms with Gasteiger partial charge in [0, 0.05) is 61.4 Å². The van der Waals surface area contributed by atoms with E-state index in [0.717, 1.165) is 79.4 Å². The highest BCUT2D eigenvalue weighted by atomic mass is 35.5. The lowest BCUT2D eigenvalue weighted by Gasteiger charge is -2.31. The number of carbonyl (C=O) groups is 1. The lowest BCUT2D eigenvalue weighted by molar-refractivity contribution is -0.132. The van der Waals surface area contributed by atoms with Crippen LogP contribution in [0.2, 0.25) is 0 Å². The summed E-state index contributed by atoms with van der Waals surface area (Å²) in [4.78, 5) is 22.0. The molecule has 39 heavy (non-hydrogen) atoms. The van der Waals surface area contributed by atoms with Crippen LogP contribution in [-0.4, -0.2) is 71.5 Å². The topological polar surface area (TPSA) is 65.4 Å². The number of likely N-dealkylation sites (tertiary alicyclic amines) is 1. The Kier molecular flexibility index (Phi) is 10.1. The van der Waals surface area contributed by atoms with Crippen molar-refractivity contribution in [2.45, 2.75) is 77.9 Å². The molecule has 1 saturated heterocycles. The summed E-state index contributed by atoms with van der Waals surface area (Å²) >= 11 is 6.15. The summed E-state index contributed by atoms with van der Waals surface area (Å²) in [5, 5.41) is 11.6. The average Bonchev–Trinajstić information content (AvgIpc) is 3.31. The van der Waals surface area contributed by atoms with Crippen LogP contribution in [0.1, 0.15) is 66.2 Å². The molecule has 1 fully saturated rings. The minimum absolute atomic E-state index is 0.0279. The van der Waals surface area contributed by atoms with Gasteiger partial charge in [0.25, 0.3) is 0 Å². The maximum atomic E-state index is 12.9. The molecule has 2 aliphatic heterocycles. The van der Waals surface area contributed by atoms with Crippen LogP contribution in [0.25, 0.3) is 0 Å². The van der Waals surface area contributed by atoms with E-state index in [1.54, 1.807) is 6.21 Å². The van der Waals surface area contributed by atoms with Gasteiger partial charge in [-0.15, -0.1) is 0 Å². The van der Waals surface area contributed by atoms with Crippen LogP contribution >= 0.6 is 11.6 Å². The van der Waals surface area contributed by atoms with Crippen molar-refractivity contribution in [3.8, 4) is 0 Å². The zero-order chi connectivity index (χ0) is 28.0. The van der Waals surface area contributed by atoms with Crippen molar-refractivity contribution < 1.29 is 14.6 Å². The summed E-state index contributed by atoms with van der Waals surface area (Å²) in [5.41, 5.74) is 3.65. The molecular weight excluding hydrogens is 510 g/mol. The van der Waals surface area contributed by atoms with Crippen molar-refractivity contribution in [2.75, 3.05) is 32.8 Å². The van der Waals surface area contributed by atoms with E-state index in [1.807, 2.05) is 39.8 Å². The van der Waals surface area contributed by atoms with Gasteiger partial charge in [-0.05, 0) is 76.7 Å². The van der Waals surface area contributed by atoms with E-state index in [9.17, 15) is 9.90 Å². The molecule has 2 aliphatic carbocycles. The molecule has 4 aliphatic rings. The van der Waals surface area contributed by atoms with Crippen LogP contribution < -0.4 is 0 Å². The molecule has 2 atom stereocenters. The second kappa shape index (κ2) is 13.3. The fourth-order valence-electron chi connectivity index (χ4n) is 5.76. The lowest BCUT2D eigenvalue weighted by atomic mass is 9.80. The highest BCUT2D eigenvalue weighted by Crippen LogP contribution is 2.37. The smallest absolute Gasteiger partial charge is 0.222 e. The Bertz CT molecular complexity index is 1140. The fourth-order valence-corrected chi connectivity index (χ4v) is 5.92. The van der Waals surface area contributed by atoms with Gasteiger partial charge in [-0.1, -0.05) is 42.3 Å². The van der Waals surface area contributed by atoms with Crippen molar-refractivity contribution in [1.82, 2.24) is 9.80 Å². The molecule has 7 heteroatoms. The highest BCUT2D eigenvalue weighted by molar-refractivity contribution is 6.29. The van der Waals surface area contributed by atoms with Crippen LogP contribution in [0.3, 0.4) is 0 Å². The molecule has 2 heterocycles. The Labute approximate surface area is 239 Å². The van der Waals surface area contributed by atoms with Crippen LogP contribution in [0, 0.1) is 5.92 Å². The Morgan fingerprint density at radius 1 is 1.33 bits per heavy atom. The second-order valence-electron chi connectivity index (χ2n) is 11.5. The molecule has 4 rings (SSSR count). The number of rotatable bonds is 9. The number of halogens is 1. The van der Waals surface area contributed by atoms with Crippen molar-refractivity contribution in [3.63, 3.8) is 0 Å². The normalized spacial score (nSPS) is 25.3. The predicted molar refractivity (Wildman–Crippen MR) is 160 cm³/mol. The van der Waals surface area contributed by atoms with Crippen LogP contribution in [0.4, 0.5) is 0 Å². The SMILES string of the molecule is CC=NC1=C/C(=C\CCN2CC[C@H](N(CC3=CC=C(Cl)CC3)C(=O)CC)C2)C2=C(C=CC(C(C)(C)O)C2)OC1. The molecule has 1 N–H and O–H groups in total. The molecule has 1 amide bonds. The summed E-state index contributed by atoms with van der Waals surface area (Å²) < 4.78 is 6.11. The van der Waals surface area contributed by atoms with Gasteiger partial charge in [0.2, 0.25) is 5.91 Å². The first-order chi connectivity index (χ1) is 18.7. The third-order valence-electron chi connectivity index (χ3n) is 8.13. The zero-order valence-electron chi connectivity index (χ0n) is 24.0. The molecule has 0 aromatic rings. The van der Waals surface area contributed by atoms with Gasteiger partial charge in [-0.2, -0.15) is 0 Å². The number of amides is 1. The third kappa shape index (κ3) is 7.84. The minimum Gasteiger partial charge on any atom is -0.487 e. The Balaban J connectivity index is 1.43. The van der Waals surface area contributed by atoms with Gasteiger partial charge in [0.05, 0.1) is 11.3 Å². The number of nitrogens with zero attached hydrogens (tertiary/aromatic N) is 3. The van der Waals surface area contributed by atoms with Gasteiger partial charge in [0.15, 0.2) is 0 Å². The molecule has 0 aromatic heterocycles. The van der Waals surface area contributed by atoms with Crippen molar-refractivity contribution >= 4 is 23.7 Å². The van der Waals surface area contributed by atoms with Crippen LogP contribution in [0.5, 0.6) is 0 Å². The first-order valence-electron chi connectivity index (χ1n) is 14.4. The molecule has 0 radical (unpaired) electrons. The highest BCUT2D eigenvalue weighted by Gasteiger charge is 2.32. The third-order valence-corrected chi connectivity index (χ3v) is 8.44. The van der Waals surface area contributed by atoms with Crippen molar-refractivity contribution in [3.05, 3.63) is 69.7 Å². The standard InChI is InChI=1S/C32H44ClN3O3/c1-5-31(37)36(20-23-9-12-26(33)13-10-23)28-15-17-35(21-28)16-7-8-24-18-27(34-6-2)22-39-30-14-11-25(19-29(24)30)32(3,4)38/h6,8-9,11-12,14,18,25,28,38H,5,7,10,13,15-17,19-22H2,1-4H3/b24-8+,34-6?/t25?,28-/m0/s1. The Morgan fingerprint density at radius 3 is 2.85 bits per heavy atom. The number of hydrogen-bond acceptors (Lipinski definition) is 5. The van der Waals surface area contributed by atoms with E-state index in [0.29, 0.717) is 19.6 Å². The van der Waals surface area contributed by atoms with E-state index >= 15 is 0 Å². The molecule has 212 valence electrons. The summed E-state index contributed by atoms with van der Waals surface area (Å²) in [7, 11) is 0.